The molecule has 0 N–H and O–H groups in total. The molecule has 0 amide bonds. The molecule has 1 aromatic carbocycles. The Balaban J connectivity index is 1.40. The molecule has 3 unspecified atom stereocenters. The molecule has 156 valence electrons. The minimum Gasteiger partial charge on any atom is -0.368 e. The van der Waals surface area contributed by atoms with Gasteiger partial charge in [-0.15, -0.1) is 0 Å². The number of hydrogen-bond acceptors (Lipinski definition) is 6. The highest BCUT2D eigenvalue weighted by atomic mass is 16.8. The number of pyridine rings is 1. The van der Waals surface area contributed by atoms with E-state index in [1.165, 1.54) is 0 Å². The Morgan fingerprint density at radius 3 is 2.73 bits per heavy atom. The Kier molecular flexibility index (Phi) is 4.91. The maximum atomic E-state index is 12.6. The summed E-state index contributed by atoms with van der Waals surface area (Å²) < 4.78 is 26.2. The predicted octanol–water partition coefficient (Wildman–Crippen LogP) is 2.70. The highest BCUT2D eigenvalue weighted by Crippen LogP contribution is 2.39. The summed E-state index contributed by atoms with van der Waals surface area (Å²) in [6, 6.07) is 15.5. The zero-order valence-electron chi connectivity index (χ0n) is 16.9. The lowest BCUT2D eigenvalue weighted by Gasteiger charge is -2.26. The Morgan fingerprint density at radius 2 is 1.90 bits per heavy atom. The summed E-state index contributed by atoms with van der Waals surface area (Å²) in [6.45, 7) is 4.14. The summed E-state index contributed by atoms with van der Waals surface area (Å²) in [5.41, 5.74) is 1.98. The van der Waals surface area contributed by atoms with Gasteiger partial charge >= 0.3 is 0 Å². The number of nitrogens with zero attached hydrogens (tertiary/aromatic N) is 2. The zero-order chi connectivity index (χ0) is 20.7. The normalized spacial score (nSPS) is 27.4. The van der Waals surface area contributed by atoms with E-state index in [4.69, 9.17) is 18.9 Å². The van der Waals surface area contributed by atoms with E-state index in [2.05, 4.69) is 4.98 Å². The highest BCUT2D eigenvalue weighted by molar-refractivity contribution is 5.37. The average Bonchev–Trinajstić information content (AvgIpc) is 3.18. The molecule has 0 radical (unpaired) electrons. The van der Waals surface area contributed by atoms with E-state index in [0.717, 1.165) is 5.56 Å². The fourth-order valence-electron chi connectivity index (χ4n) is 4.09. The molecule has 3 aromatic rings. The molecule has 30 heavy (non-hydrogen) atoms. The molecule has 0 spiro atoms. The summed E-state index contributed by atoms with van der Waals surface area (Å²) in [6.07, 6.45) is 2.41. The lowest BCUT2D eigenvalue weighted by atomic mass is 10.0. The van der Waals surface area contributed by atoms with Gasteiger partial charge in [-0.05, 0) is 31.5 Å². The minimum atomic E-state index is -0.737. The van der Waals surface area contributed by atoms with Crippen molar-refractivity contribution >= 4 is 5.65 Å². The Morgan fingerprint density at radius 1 is 1.10 bits per heavy atom. The second kappa shape index (κ2) is 7.59. The van der Waals surface area contributed by atoms with Gasteiger partial charge in [0, 0.05) is 24.4 Å². The second-order valence-electron chi connectivity index (χ2n) is 8.15. The van der Waals surface area contributed by atoms with Crippen LogP contribution in [0.1, 0.15) is 25.0 Å². The van der Waals surface area contributed by atoms with E-state index < -0.39 is 12.1 Å². The number of benzene rings is 1. The van der Waals surface area contributed by atoms with Gasteiger partial charge in [-0.1, -0.05) is 36.4 Å². The minimum absolute atomic E-state index is 0.258. The van der Waals surface area contributed by atoms with Crippen LogP contribution in [0.2, 0.25) is 0 Å². The van der Waals surface area contributed by atoms with Gasteiger partial charge in [0.05, 0.1) is 12.7 Å². The van der Waals surface area contributed by atoms with Crippen LogP contribution in [0.25, 0.3) is 5.65 Å². The van der Waals surface area contributed by atoms with Gasteiger partial charge in [0.25, 0.3) is 5.56 Å². The van der Waals surface area contributed by atoms with Gasteiger partial charge in [-0.2, -0.15) is 4.98 Å². The quantitative estimate of drug-likeness (QED) is 0.647. The first-order valence-corrected chi connectivity index (χ1v) is 10.1. The van der Waals surface area contributed by atoms with E-state index in [0.29, 0.717) is 24.2 Å². The van der Waals surface area contributed by atoms with Gasteiger partial charge < -0.3 is 23.3 Å². The maximum Gasteiger partial charge on any atom is 0.276 e. The van der Waals surface area contributed by atoms with Gasteiger partial charge in [-0.25, -0.2) is 0 Å². The lowest BCUT2D eigenvalue weighted by Crippen LogP contribution is -2.38. The van der Waals surface area contributed by atoms with E-state index >= 15 is 0 Å². The standard InChI is InChI=1S/C23H24N2O5/c1-23(2)29-20-19(27-14-15-8-4-3-5-9-15)17(28-22(20)30-23)12-16-13-25-11-7-6-10-18(25)24-21(16)26/h3-11,13,17,19-20,22H,12,14H2,1-2H3/t17-,19?,20?,22?/m0/s1. The van der Waals surface area contributed by atoms with E-state index in [1.54, 1.807) is 6.07 Å². The summed E-state index contributed by atoms with van der Waals surface area (Å²) in [5.74, 6) is -0.737. The van der Waals surface area contributed by atoms with Gasteiger partial charge in [0.15, 0.2) is 12.1 Å². The smallest absolute Gasteiger partial charge is 0.276 e. The van der Waals surface area contributed by atoms with Crippen LogP contribution in [-0.2, 0) is 32.0 Å². The van der Waals surface area contributed by atoms with Crippen LogP contribution in [0.4, 0.5) is 0 Å². The molecular weight excluding hydrogens is 384 g/mol. The van der Waals surface area contributed by atoms with Crippen molar-refractivity contribution < 1.29 is 18.9 Å². The number of hydrogen-bond donors (Lipinski definition) is 0. The number of fused-ring (bicyclic) bond motifs is 2. The SMILES string of the molecule is CC1(C)OC2O[C@@H](Cc3cn4ccccc4nc3=O)C(OCc3ccccc3)C2O1. The third-order valence-electron chi connectivity index (χ3n) is 5.45. The number of aromatic nitrogens is 2. The maximum absolute atomic E-state index is 12.6. The zero-order valence-corrected chi connectivity index (χ0v) is 16.9. The molecule has 2 aromatic heterocycles. The molecule has 4 heterocycles. The van der Waals surface area contributed by atoms with E-state index in [9.17, 15) is 4.79 Å². The first-order chi connectivity index (χ1) is 14.5. The Labute approximate surface area is 174 Å². The Bertz CT molecular complexity index is 1100. The fraction of sp³-hybridized carbons (Fsp3) is 0.391. The summed E-state index contributed by atoms with van der Waals surface area (Å²) in [7, 11) is 0. The molecular formula is C23H24N2O5. The molecule has 2 aliphatic heterocycles. The van der Waals surface area contributed by atoms with Crippen molar-refractivity contribution in [1.29, 1.82) is 0 Å². The van der Waals surface area contributed by atoms with Crippen molar-refractivity contribution in [2.75, 3.05) is 0 Å². The van der Waals surface area contributed by atoms with Crippen molar-refractivity contribution in [2.45, 2.75) is 57.3 Å². The molecule has 0 aliphatic carbocycles. The summed E-state index contributed by atoms with van der Waals surface area (Å²) >= 11 is 0. The molecule has 5 rings (SSSR count). The Hall–Kier alpha value is -2.58. The molecule has 4 atom stereocenters. The van der Waals surface area contributed by atoms with Crippen LogP contribution in [0.3, 0.4) is 0 Å². The van der Waals surface area contributed by atoms with Gasteiger partial charge in [0.2, 0.25) is 0 Å². The van der Waals surface area contributed by atoms with Crippen LogP contribution >= 0.6 is 0 Å². The largest absolute Gasteiger partial charge is 0.368 e. The third kappa shape index (κ3) is 3.77. The van der Waals surface area contributed by atoms with E-state index in [-0.39, 0.29) is 23.9 Å². The van der Waals surface area contributed by atoms with Crippen molar-refractivity contribution in [3.8, 4) is 0 Å². The first-order valence-electron chi connectivity index (χ1n) is 10.1. The van der Waals surface area contributed by atoms with Crippen LogP contribution < -0.4 is 5.56 Å². The first kappa shape index (κ1) is 19.4. The van der Waals surface area contributed by atoms with Crippen molar-refractivity contribution in [1.82, 2.24) is 9.38 Å². The van der Waals surface area contributed by atoms with Crippen molar-refractivity contribution in [3.05, 3.63) is 82.4 Å². The lowest BCUT2D eigenvalue weighted by molar-refractivity contribution is -0.218. The fourth-order valence-corrected chi connectivity index (χ4v) is 4.09. The molecule has 2 aliphatic rings. The predicted molar refractivity (Wildman–Crippen MR) is 109 cm³/mol. The summed E-state index contributed by atoms with van der Waals surface area (Å²) in [5, 5.41) is 0. The number of ether oxygens (including phenoxy) is 4. The van der Waals surface area contributed by atoms with Gasteiger partial charge in [0.1, 0.15) is 17.9 Å². The second-order valence-corrected chi connectivity index (χ2v) is 8.15. The molecule has 7 nitrogen and oxygen atoms in total. The number of rotatable bonds is 5. The molecule has 0 saturated carbocycles. The topological polar surface area (TPSA) is 71.3 Å². The summed E-state index contributed by atoms with van der Waals surface area (Å²) in [4.78, 5) is 16.8. The molecule has 2 saturated heterocycles. The van der Waals surface area contributed by atoms with Crippen molar-refractivity contribution in [3.63, 3.8) is 0 Å². The van der Waals surface area contributed by atoms with Gasteiger partial charge in [-0.3, -0.25) is 4.79 Å². The molecule has 7 heteroatoms. The molecule has 0 bridgehead atoms. The van der Waals surface area contributed by atoms with Crippen LogP contribution in [-0.4, -0.2) is 39.8 Å². The van der Waals surface area contributed by atoms with Crippen LogP contribution in [0, 0.1) is 0 Å². The van der Waals surface area contributed by atoms with E-state index in [1.807, 2.05) is 73.1 Å². The average molecular weight is 408 g/mol. The van der Waals surface area contributed by atoms with Crippen molar-refractivity contribution in [2.24, 2.45) is 0 Å². The monoisotopic (exact) mass is 408 g/mol. The van der Waals surface area contributed by atoms with Crippen LogP contribution in [0.15, 0.2) is 65.7 Å². The van der Waals surface area contributed by atoms with Crippen LogP contribution in [0.5, 0.6) is 0 Å². The molecule has 2 fully saturated rings. The highest BCUT2D eigenvalue weighted by Gasteiger charge is 2.55. The third-order valence-corrected chi connectivity index (χ3v) is 5.45.